The third-order valence-electron chi connectivity index (χ3n) is 0.438. The highest BCUT2D eigenvalue weighted by Gasteiger charge is 2.28. The summed E-state index contributed by atoms with van der Waals surface area (Å²) in [6.07, 6.45) is 0. The van der Waals surface area contributed by atoms with Gasteiger partial charge in [-0.2, -0.15) is 0 Å². The Hall–Kier alpha value is 2.61. The second-order valence-corrected chi connectivity index (χ2v) is 7.30. The summed E-state index contributed by atoms with van der Waals surface area (Å²) in [6.45, 7) is 0. The zero-order valence-electron chi connectivity index (χ0n) is 5.63. The average Bonchev–Trinajstić information content (AvgIpc) is 1.86. The van der Waals surface area contributed by atoms with Crippen molar-refractivity contribution in [1.82, 2.24) is 0 Å². The molecule has 0 aliphatic heterocycles. The van der Waals surface area contributed by atoms with E-state index < -0.39 is 18.3 Å². The summed E-state index contributed by atoms with van der Waals surface area (Å²) in [6, 6.07) is 0. The molecule has 0 aliphatic carbocycles. The maximum Gasteiger partial charge on any atom is 0.220 e. The molecular formula is C4H3Cl9. The van der Waals surface area contributed by atoms with Crippen molar-refractivity contribution in [3.63, 3.8) is 0 Å². The molecule has 0 spiro atoms. The van der Waals surface area contributed by atoms with Gasteiger partial charge in [-0.3, -0.25) is 0 Å². The zero-order chi connectivity index (χ0) is 11.2. The third-order valence-corrected chi connectivity index (χ3v) is 3.94. The van der Waals surface area contributed by atoms with E-state index in [1.807, 2.05) is 0 Å². The molecular weight excluding hydrogens is 367 g/mol. The minimum Gasteiger partial charge on any atom is -0.102 e. The van der Waals surface area contributed by atoms with Crippen LogP contribution in [-0.2, 0) is 0 Å². The van der Waals surface area contributed by atoms with E-state index in [9.17, 15) is 0 Å². The molecule has 0 radical (unpaired) electrons. The molecule has 0 bridgehead atoms. The smallest absolute Gasteiger partial charge is 0.102 e. The lowest BCUT2D eigenvalue weighted by Gasteiger charge is -2.09. The van der Waals surface area contributed by atoms with Crippen molar-refractivity contribution in [2.45, 2.75) is 18.3 Å². The fraction of sp³-hybridized carbons (Fsp3) is 1.00. The van der Waals surface area contributed by atoms with Gasteiger partial charge in [0.25, 0.3) is 0 Å². The van der Waals surface area contributed by atoms with Gasteiger partial charge in [0.15, 0.2) is 4.84 Å². The van der Waals surface area contributed by atoms with Gasteiger partial charge in [0.05, 0.1) is 0 Å². The Morgan fingerprint density at radius 3 is 0.769 bits per heavy atom. The fourth-order valence-electron chi connectivity index (χ4n) is 0. The van der Waals surface area contributed by atoms with Crippen LogP contribution in [0.3, 0.4) is 0 Å². The Labute approximate surface area is 122 Å². The van der Waals surface area contributed by atoms with Crippen LogP contribution in [0.2, 0.25) is 0 Å². The first kappa shape index (κ1) is 18.0. The molecule has 0 heterocycles. The van der Waals surface area contributed by atoms with E-state index in [4.69, 9.17) is 104 Å². The first-order chi connectivity index (χ1) is 5.59. The molecule has 0 unspecified atom stereocenters. The molecule has 0 amide bonds. The minimum absolute atomic E-state index is 0.673. The Balaban J connectivity index is 0. The van der Waals surface area contributed by atoms with Crippen molar-refractivity contribution in [3.05, 3.63) is 0 Å². The molecule has 0 aromatic rings. The molecule has 0 rings (SSSR count). The highest BCUT2D eigenvalue weighted by atomic mass is 35.6. The number of hydrogen-bond acceptors (Lipinski definition) is 0. The van der Waals surface area contributed by atoms with Gasteiger partial charge in [-0.1, -0.05) is 34.8 Å². The van der Waals surface area contributed by atoms with E-state index in [2.05, 4.69) is 0 Å². The lowest BCUT2D eigenvalue weighted by molar-refractivity contribution is 1.19. The van der Waals surface area contributed by atoms with E-state index in [-0.39, 0.29) is 0 Å². The van der Waals surface area contributed by atoms with Gasteiger partial charge in [0.1, 0.15) is 9.67 Å². The van der Waals surface area contributed by atoms with Crippen LogP contribution in [0.1, 0.15) is 0 Å². The Morgan fingerprint density at radius 1 is 0.615 bits per heavy atom. The molecule has 0 N–H and O–H groups in total. The average molecular weight is 370 g/mol. The van der Waals surface area contributed by atoms with Crippen LogP contribution < -0.4 is 0 Å². The number of alkyl halides is 9. The quantitative estimate of drug-likeness (QED) is 0.516. The van der Waals surface area contributed by atoms with Gasteiger partial charge in [-0.25, -0.2) is 0 Å². The normalized spacial score (nSPS) is 12.0. The van der Waals surface area contributed by atoms with Crippen LogP contribution >= 0.6 is 104 Å². The SMILES string of the molecule is ClC(Cl)C(Cl)(Cl)Cl.ClC(Cl)C(Cl)Cl. The summed E-state index contributed by atoms with van der Waals surface area (Å²) in [5, 5.41) is 0. The zero-order valence-corrected chi connectivity index (χ0v) is 12.4. The first-order valence-corrected chi connectivity index (χ1v) is 6.25. The van der Waals surface area contributed by atoms with Crippen molar-refractivity contribution in [2.75, 3.05) is 0 Å². The molecule has 82 valence electrons. The van der Waals surface area contributed by atoms with Crippen LogP contribution in [0.25, 0.3) is 0 Å². The second kappa shape index (κ2) is 8.73. The fourth-order valence-corrected chi connectivity index (χ4v) is 0. The molecule has 0 saturated carbocycles. The third kappa shape index (κ3) is 14.6. The number of rotatable bonds is 1. The van der Waals surface area contributed by atoms with Crippen molar-refractivity contribution >= 4 is 104 Å². The molecule has 9 heteroatoms. The summed E-state index contributed by atoms with van der Waals surface area (Å²) in [5.41, 5.74) is 0. The lowest BCUT2D eigenvalue weighted by Crippen LogP contribution is -2.11. The van der Waals surface area contributed by atoms with E-state index in [0.29, 0.717) is 0 Å². The topological polar surface area (TPSA) is 0 Å². The molecule has 0 aromatic carbocycles. The first-order valence-electron chi connectivity index (χ1n) is 2.50. The molecule has 13 heavy (non-hydrogen) atoms. The van der Waals surface area contributed by atoms with Gasteiger partial charge >= 0.3 is 0 Å². The van der Waals surface area contributed by atoms with Gasteiger partial charge in [0.2, 0.25) is 3.79 Å². The predicted octanol–water partition coefficient (Wildman–Crippen LogP) is 5.75. The van der Waals surface area contributed by atoms with Crippen molar-refractivity contribution in [1.29, 1.82) is 0 Å². The summed E-state index contributed by atoms with van der Waals surface area (Å²) in [5.74, 6) is 0. The van der Waals surface area contributed by atoms with Crippen LogP contribution in [0, 0.1) is 0 Å². The highest BCUT2D eigenvalue weighted by Crippen LogP contribution is 2.35. The Kier molecular flexibility index (Phi) is 12.1. The van der Waals surface area contributed by atoms with Crippen molar-refractivity contribution < 1.29 is 0 Å². The van der Waals surface area contributed by atoms with E-state index in [1.165, 1.54) is 0 Å². The van der Waals surface area contributed by atoms with Gasteiger partial charge in [0, 0.05) is 0 Å². The summed E-state index contributed by atoms with van der Waals surface area (Å²) < 4.78 is -1.55. The standard InChI is InChI=1S/C2HCl5.C2H2Cl4/c3-1(4)2(5,6)7;3-1(4)2(5)6/h1H;1-2H. The van der Waals surface area contributed by atoms with Crippen LogP contribution in [0.5, 0.6) is 0 Å². The van der Waals surface area contributed by atoms with Gasteiger partial charge in [-0.15, -0.1) is 69.6 Å². The summed E-state index contributed by atoms with van der Waals surface area (Å²) in [7, 11) is 0. The summed E-state index contributed by atoms with van der Waals surface area (Å²) in [4.78, 5) is -2.31. The molecule has 0 atom stereocenters. The lowest BCUT2D eigenvalue weighted by atomic mass is 10.9. The Bertz CT molecular complexity index is 107. The van der Waals surface area contributed by atoms with E-state index in [0.717, 1.165) is 0 Å². The monoisotopic (exact) mass is 366 g/mol. The van der Waals surface area contributed by atoms with Gasteiger partial charge < -0.3 is 0 Å². The van der Waals surface area contributed by atoms with Crippen molar-refractivity contribution in [3.8, 4) is 0 Å². The number of halogens is 9. The molecule has 0 nitrogen and oxygen atoms in total. The molecule has 0 aromatic heterocycles. The predicted molar refractivity (Wildman–Crippen MR) is 66.8 cm³/mol. The van der Waals surface area contributed by atoms with E-state index in [1.54, 1.807) is 0 Å². The Morgan fingerprint density at radius 2 is 0.769 bits per heavy atom. The van der Waals surface area contributed by atoms with Gasteiger partial charge in [-0.05, 0) is 0 Å². The largest absolute Gasteiger partial charge is 0.220 e. The van der Waals surface area contributed by atoms with Crippen LogP contribution in [0.4, 0.5) is 0 Å². The number of hydrogen-bond donors (Lipinski definition) is 0. The molecule has 0 saturated heterocycles. The second-order valence-electron chi connectivity index (χ2n) is 1.51. The van der Waals surface area contributed by atoms with E-state index >= 15 is 0 Å². The minimum atomic E-state index is -1.55. The summed E-state index contributed by atoms with van der Waals surface area (Å²) >= 11 is 46.1. The highest BCUT2D eigenvalue weighted by molar-refractivity contribution is 6.73. The molecule has 0 aliphatic rings. The maximum absolute atomic E-state index is 5.14. The molecule has 0 fully saturated rings. The van der Waals surface area contributed by atoms with Crippen LogP contribution in [-0.4, -0.2) is 18.3 Å². The maximum atomic E-state index is 5.14. The van der Waals surface area contributed by atoms with Crippen molar-refractivity contribution in [2.24, 2.45) is 0 Å². The van der Waals surface area contributed by atoms with Crippen LogP contribution in [0.15, 0.2) is 0 Å².